The first-order valence-corrected chi connectivity index (χ1v) is 13.8. The number of rotatable bonds is 7. The molecule has 0 unspecified atom stereocenters. The van der Waals surface area contributed by atoms with Crippen LogP contribution < -0.4 is 20.4 Å². The summed E-state index contributed by atoms with van der Waals surface area (Å²) in [5.41, 5.74) is 2.03. The Morgan fingerprint density at radius 2 is 1.70 bits per heavy atom. The van der Waals surface area contributed by atoms with Gasteiger partial charge in [-0.3, -0.25) is 4.79 Å². The molecule has 10 heteroatoms. The number of aryl methyl sites for hydroxylation is 2. The second-order valence-electron chi connectivity index (χ2n) is 11.1. The van der Waals surface area contributed by atoms with Crippen molar-refractivity contribution in [2.75, 3.05) is 19.5 Å². The Bertz CT molecular complexity index is 1730. The van der Waals surface area contributed by atoms with E-state index in [1.165, 1.54) is 13.2 Å². The Balaban J connectivity index is 1.40. The van der Waals surface area contributed by atoms with E-state index in [1.54, 1.807) is 58.2 Å². The molecule has 4 atom stereocenters. The number of aliphatic hydroxyl groups excluding tert-OH is 2. The smallest absolute Gasteiger partial charge is 0.360 e. The lowest BCUT2D eigenvalue weighted by Crippen LogP contribution is -2.63. The Morgan fingerprint density at radius 3 is 2.40 bits per heavy atom. The summed E-state index contributed by atoms with van der Waals surface area (Å²) in [4.78, 5) is 26.2. The van der Waals surface area contributed by atoms with Crippen LogP contribution in [0.3, 0.4) is 0 Å². The number of nitrogens with one attached hydrogen (secondary N) is 1. The second-order valence-corrected chi connectivity index (χ2v) is 11.1. The fourth-order valence-corrected chi connectivity index (χ4v) is 5.43. The Morgan fingerprint density at radius 1 is 0.953 bits per heavy atom. The van der Waals surface area contributed by atoms with E-state index in [0.29, 0.717) is 22.3 Å². The summed E-state index contributed by atoms with van der Waals surface area (Å²) in [7, 11) is 3.00. The summed E-state index contributed by atoms with van der Waals surface area (Å²) in [6.45, 7) is 7.13. The van der Waals surface area contributed by atoms with Gasteiger partial charge in [0, 0.05) is 29.2 Å². The molecule has 0 radical (unpaired) electrons. The van der Waals surface area contributed by atoms with Gasteiger partial charge in [0.25, 0.3) is 5.91 Å². The zero-order valence-corrected chi connectivity index (χ0v) is 24.8. The molecule has 10 nitrogen and oxygen atoms in total. The van der Waals surface area contributed by atoms with Crippen molar-refractivity contribution in [2.24, 2.45) is 0 Å². The highest BCUT2D eigenvalue weighted by Gasteiger charge is 2.50. The summed E-state index contributed by atoms with van der Waals surface area (Å²) in [6, 6.07) is 17.7. The lowest BCUT2D eigenvalue weighted by atomic mass is 9.89. The van der Waals surface area contributed by atoms with Gasteiger partial charge in [0.2, 0.25) is 6.29 Å². The largest absolute Gasteiger partial charge is 0.496 e. The van der Waals surface area contributed by atoms with Crippen molar-refractivity contribution >= 4 is 22.6 Å². The molecular formula is C33H35NO9. The van der Waals surface area contributed by atoms with E-state index in [2.05, 4.69) is 5.32 Å². The first-order chi connectivity index (χ1) is 20.4. The third kappa shape index (κ3) is 5.87. The van der Waals surface area contributed by atoms with E-state index in [1.807, 2.05) is 31.2 Å². The molecule has 1 aliphatic heterocycles. The van der Waals surface area contributed by atoms with Crippen LogP contribution in [-0.2, 0) is 9.47 Å². The molecule has 2 heterocycles. The van der Waals surface area contributed by atoms with Gasteiger partial charge in [-0.15, -0.1) is 0 Å². The standard InChI is InChI=1S/C33H35NO9/c1-17-8-7-9-19(14-17)22-15-21(11-13-25(22)39-5)30(37)34-23-16-20-10-12-24(18(2)28(20)42-31(23)38)41-32-27(36)26(35)29(40-6)33(3,4)43-32/h7-16,26-27,29,32,35-36H,1-6H3,(H,34,37)/t26-,27+,29+,32+/m0/s1. The average Bonchev–Trinajstić information content (AvgIpc) is 2.97. The molecule has 1 amide bonds. The fourth-order valence-electron chi connectivity index (χ4n) is 5.43. The van der Waals surface area contributed by atoms with Crippen LogP contribution in [0.1, 0.15) is 35.3 Å². The second kappa shape index (κ2) is 11.8. The van der Waals surface area contributed by atoms with Gasteiger partial charge in [-0.05, 0) is 69.7 Å². The number of hydrogen-bond acceptors (Lipinski definition) is 9. The number of fused-ring (bicyclic) bond motifs is 1. The topological polar surface area (TPSA) is 137 Å². The number of ether oxygens (including phenoxy) is 4. The van der Waals surface area contributed by atoms with Gasteiger partial charge in [-0.2, -0.15) is 0 Å². The summed E-state index contributed by atoms with van der Waals surface area (Å²) >= 11 is 0. The van der Waals surface area contributed by atoms with Crippen molar-refractivity contribution in [3.63, 3.8) is 0 Å². The van der Waals surface area contributed by atoms with Gasteiger partial charge in [0.15, 0.2) is 0 Å². The van der Waals surface area contributed by atoms with Crippen LogP contribution >= 0.6 is 0 Å². The van der Waals surface area contributed by atoms with Gasteiger partial charge in [0.1, 0.15) is 41.1 Å². The maximum Gasteiger partial charge on any atom is 0.360 e. The van der Waals surface area contributed by atoms with E-state index in [9.17, 15) is 19.8 Å². The molecule has 1 saturated heterocycles. The van der Waals surface area contributed by atoms with Crippen molar-refractivity contribution in [2.45, 2.75) is 57.9 Å². The highest BCUT2D eigenvalue weighted by Crippen LogP contribution is 2.35. The van der Waals surface area contributed by atoms with Crippen LogP contribution in [-0.4, -0.2) is 60.5 Å². The zero-order chi connectivity index (χ0) is 31.1. The zero-order valence-electron chi connectivity index (χ0n) is 24.8. The molecule has 0 bridgehead atoms. The fraction of sp³-hybridized carbons (Fsp3) is 0.333. The van der Waals surface area contributed by atoms with Gasteiger partial charge < -0.3 is 38.9 Å². The predicted molar refractivity (Wildman–Crippen MR) is 161 cm³/mol. The number of aliphatic hydroxyl groups is 2. The van der Waals surface area contributed by atoms with Gasteiger partial charge >= 0.3 is 5.63 Å². The average molecular weight is 590 g/mol. The molecule has 5 rings (SSSR count). The molecule has 1 aromatic heterocycles. The molecule has 226 valence electrons. The third-order valence-electron chi connectivity index (χ3n) is 7.68. The molecule has 0 saturated carbocycles. The molecule has 0 aliphatic carbocycles. The summed E-state index contributed by atoms with van der Waals surface area (Å²) in [5.74, 6) is 0.416. The van der Waals surface area contributed by atoms with Crippen LogP contribution in [0.2, 0.25) is 0 Å². The Labute approximate surface area is 248 Å². The third-order valence-corrected chi connectivity index (χ3v) is 7.68. The summed E-state index contributed by atoms with van der Waals surface area (Å²) < 4.78 is 28.3. The van der Waals surface area contributed by atoms with Crippen molar-refractivity contribution in [1.29, 1.82) is 0 Å². The maximum atomic E-state index is 13.2. The van der Waals surface area contributed by atoms with Crippen molar-refractivity contribution < 1.29 is 38.4 Å². The van der Waals surface area contributed by atoms with E-state index >= 15 is 0 Å². The normalized spacial score (nSPS) is 21.4. The van der Waals surface area contributed by atoms with Crippen LogP contribution in [0, 0.1) is 13.8 Å². The number of anilines is 1. The van der Waals surface area contributed by atoms with E-state index in [-0.39, 0.29) is 17.0 Å². The molecule has 0 spiro atoms. The molecule has 3 aromatic carbocycles. The highest BCUT2D eigenvalue weighted by molar-refractivity contribution is 6.05. The Kier molecular flexibility index (Phi) is 8.31. The monoisotopic (exact) mass is 589 g/mol. The SMILES string of the molecule is COc1ccc(C(=O)Nc2cc3ccc(O[C@@H]4OC(C)(C)[C@H](OC)[C@@H](O)[C@H]4O)c(C)c3oc2=O)cc1-c1cccc(C)c1. The molecule has 43 heavy (non-hydrogen) atoms. The number of carbonyl (C=O) groups excluding carboxylic acids is 1. The summed E-state index contributed by atoms with van der Waals surface area (Å²) in [6.07, 6.45) is -4.60. The lowest BCUT2D eigenvalue weighted by molar-refractivity contribution is -0.306. The van der Waals surface area contributed by atoms with Gasteiger partial charge in [-0.1, -0.05) is 29.8 Å². The van der Waals surface area contributed by atoms with Gasteiger partial charge in [0.05, 0.1) is 12.7 Å². The van der Waals surface area contributed by atoms with Crippen molar-refractivity contribution in [3.8, 4) is 22.6 Å². The van der Waals surface area contributed by atoms with Crippen LogP contribution in [0.5, 0.6) is 11.5 Å². The highest BCUT2D eigenvalue weighted by atomic mass is 16.7. The minimum Gasteiger partial charge on any atom is -0.496 e. The molecule has 1 fully saturated rings. The molecule has 3 N–H and O–H groups in total. The molecular weight excluding hydrogens is 554 g/mol. The first kappa shape index (κ1) is 30.2. The minimum atomic E-state index is -1.39. The molecule has 1 aliphatic rings. The quantitative estimate of drug-likeness (QED) is 0.265. The number of hydrogen-bond donors (Lipinski definition) is 3. The van der Waals surface area contributed by atoms with Crippen LogP contribution in [0.15, 0.2) is 69.9 Å². The van der Waals surface area contributed by atoms with Crippen LogP contribution in [0.4, 0.5) is 5.69 Å². The number of amides is 1. The minimum absolute atomic E-state index is 0.0278. The van der Waals surface area contributed by atoms with E-state index < -0.39 is 41.7 Å². The first-order valence-electron chi connectivity index (χ1n) is 13.8. The lowest BCUT2D eigenvalue weighted by Gasteiger charge is -2.46. The number of benzene rings is 3. The predicted octanol–water partition coefficient (Wildman–Crippen LogP) is 4.59. The van der Waals surface area contributed by atoms with Crippen molar-refractivity contribution in [3.05, 3.63) is 87.8 Å². The van der Waals surface area contributed by atoms with Crippen LogP contribution in [0.25, 0.3) is 22.1 Å². The van der Waals surface area contributed by atoms with E-state index in [4.69, 9.17) is 23.4 Å². The summed E-state index contributed by atoms with van der Waals surface area (Å²) in [5, 5.41) is 24.4. The van der Waals surface area contributed by atoms with E-state index in [0.717, 1.165) is 16.7 Å². The number of carbonyl (C=O) groups is 1. The van der Waals surface area contributed by atoms with Crippen molar-refractivity contribution in [1.82, 2.24) is 0 Å². The maximum absolute atomic E-state index is 13.2. The van der Waals surface area contributed by atoms with Gasteiger partial charge in [-0.25, -0.2) is 4.79 Å². The molecule has 4 aromatic rings. The Hall–Kier alpha value is -4.22. The number of methoxy groups -OCH3 is 2.